The van der Waals surface area contributed by atoms with Crippen LogP contribution in [0.4, 0.5) is 4.79 Å². The molecule has 0 aliphatic heterocycles. The number of carboxylic acids is 2. The van der Waals surface area contributed by atoms with Crippen molar-refractivity contribution in [3.63, 3.8) is 0 Å². The van der Waals surface area contributed by atoms with E-state index in [9.17, 15) is 14.4 Å². The lowest BCUT2D eigenvalue weighted by atomic mass is 10.2. The maximum Gasteiger partial charge on any atom is 0.326 e. The molecule has 0 aliphatic carbocycles. The van der Waals surface area contributed by atoms with Crippen molar-refractivity contribution in [3.8, 4) is 0 Å². The fourth-order valence-electron chi connectivity index (χ4n) is 1.09. The average Bonchev–Trinajstić information content (AvgIpc) is 2.27. The third-order valence-corrected chi connectivity index (χ3v) is 3.26. The molecule has 4 N–H and O–H groups in total. The molecule has 0 aromatic carbocycles. The summed E-state index contributed by atoms with van der Waals surface area (Å²) in [6.07, 6.45) is 2.06. The highest BCUT2D eigenvalue weighted by Gasteiger charge is 2.22. The number of carbonyl (C=O) groups excluding carboxylic acids is 1. The van der Waals surface area contributed by atoms with Gasteiger partial charge in [-0.1, -0.05) is 6.92 Å². The summed E-state index contributed by atoms with van der Waals surface area (Å²) in [6.45, 7) is 2.42. The van der Waals surface area contributed by atoms with Crippen LogP contribution in [0, 0.1) is 0 Å². The molecule has 0 heterocycles. The lowest BCUT2D eigenvalue weighted by Gasteiger charge is -2.14. The largest absolute Gasteiger partial charge is 0.481 e. The summed E-state index contributed by atoms with van der Waals surface area (Å²) in [4.78, 5) is 32.4. The van der Waals surface area contributed by atoms with E-state index in [-0.39, 0.29) is 0 Å². The van der Waals surface area contributed by atoms with E-state index in [1.165, 1.54) is 0 Å². The van der Waals surface area contributed by atoms with Gasteiger partial charge in [-0.25, -0.2) is 9.59 Å². The van der Waals surface area contributed by atoms with Crippen LogP contribution in [0.25, 0.3) is 0 Å². The molecule has 104 valence electrons. The molecule has 0 rings (SSSR count). The Morgan fingerprint density at radius 3 is 2.33 bits per heavy atom. The van der Waals surface area contributed by atoms with Gasteiger partial charge in [-0.05, 0) is 12.7 Å². The number of thioether (sulfide) groups is 1. The highest BCUT2D eigenvalue weighted by Crippen LogP contribution is 2.07. The van der Waals surface area contributed by atoms with Crippen molar-refractivity contribution in [3.05, 3.63) is 0 Å². The van der Waals surface area contributed by atoms with E-state index >= 15 is 0 Å². The zero-order chi connectivity index (χ0) is 14.1. The number of nitrogens with one attached hydrogen (secondary N) is 2. The first-order valence-corrected chi connectivity index (χ1v) is 6.67. The van der Waals surface area contributed by atoms with Crippen LogP contribution in [0.15, 0.2) is 0 Å². The van der Waals surface area contributed by atoms with E-state index < -0.39 is 30.4 Å². The molecule has 0 aromatic rings. The minimum atomic E-state index is -1.42. The zero-order valence-electron chi connectivity index (χ0n) is 10.3. The summed E-state index contributed by atoms with van der Waals surface area (Å²) >= 11 is 1.66. The highest BCUT2D eigenvalue weighted by atomic mass is 32.2. The number of aliphatic carboxylic acids is 2. The first-order chi connectivity index (χ1) is 8.36. The van der Waals surface area contributed by atoms with Crippen molar-refractivity contribution in [1.82, 2.24) is 10.6 Å². The van der Waals surface area contributed by atoms with Gasteiger partial charge in [0.1, 0.15) is 6.04 Å². The van der Waals surface area contributed by atoms with Gasteiger partial charge in [0.25, 0.3) is 0 Å². The molecular weight excluding hydrogens is 260 g/mol. The molecule has 0 saturated heterocycles. The maximum absolute atomic E-state index is 11.3. The molecule has 0 aromatic heterocycles. The summed E-state index contributed by atoms with van der Waals surface area (Å²) in [7, 11) is 0. The summed E-state index contributed by atoms with van der Waals surface area (Å²) in [6, 6.07) is -2.09. The summed E-state index contributed by atoms with van der Waals surface area (Å²) in [5, 5.41) is 22.2. The normalized spacial score (nSPS) is 13.4. The third kappa shape index (κ3) is 7.77. The zero-order valence-corrected chi connectivity index (χ0v) is 11.1. The van der Waals surface area contributed by atoms with E-state index in [0.717, 1.165) is 6.42 Å². The van der Waals surface area contributed by atoms with Crippen molar-refractivity contribution in [2.24, 2.45) is 0 Å². The standard InChI is InChI=1S/C10H18N2O5S/c1-6(18-2)3-4-11-10(17)12-7(9(15)16)5-8(13)14/h6-7H,3-5H2,1-2H3,(H,13,14)(H,15,16)(H2,11,12,17)/t6?,7-/m0/s1. The molecule has 8 heteroatoms. The van der Waals surface area contributed by atoms with E-state index in [0.29, 0.717) is 11.8 Å². The van der Waals surface area contributed by atoms with Crippen molar-refractivity contribution in [1.29, 1.82) is 0 Å². The fourth-order valence-corrected chi connectivity index (χ4v) is 1.44. The van der Waals surface area contributed by atoms with Crippen molar-refractivity contribution in [2.45, 2.75) is 31.1 Å². The Morgan fingerprint density at radius 1 is 1.28 bits per heavy atom. The van der Waals surface area contributed by atoms with Gasteiger partial charge in [0.15, 0.2) is 0 Å². The fraction of sp³-hybridized carbons (Fsp3) is 0.700. The summed E-state index contributed by atoms with van der Waals surface area (Å²) in [5.41, 5.74) is 0. The quantitative estimate of drug-likeness (QED) is 0.509. The first kappa shape index (κ1) is 16.6. The SMILES string of the molecule is CSC(C)CCNC(=O)N[C@@H](CC(=O)O)C(=O)O. The molecule has 0 saturated carbocycles. The molecule has 2 amide bonds. The summed E-state index contributed by atoms with van der Waals surface area (Å²) in [5.74, 6) is -2.65. The Hall–Kier alpha value is -1.44. The second-order valence-electron chi connectivity index (χ2n) is 3.72. The minimum absolute atomic E-state index is 0.389. The third-order valence-electron chi connectivity index (χ3n) is 2.22. The van der Waals surface area contributed by atoms with Crippen LogP contribution in [-0.2, 0) is 9.59 Å². The number of hydrogen-bond acceptors (Lipinski definition) is 4. The van der Waals surface area contributed by atoms with Gasteiger partial charge in [0.05, 0.1) is 6.42 Å². The summed E-state index contributed by atoms with van der Waals surface area (Å²) < 4.78 is 0. The molecule has 0 spiro atoms. The van der Waals surface area contributed by atoms with Crippen LogP contribution in [0.5, 0.6) is 0 Å². The van der Waals surface area contributed by atoms with Crippen LogP contribution in [0.3, 0.4) is 0 Å². The predicted molar refractivity (Wildman–Crippen MR) is 67.8 cm³/mol. The van der Waals surface area contributed by atoms with E-state index in [1.807, 2.05) is 13.2 Å². The smallest absolute Gasteiger partial charge is 0.326 e. The Balaban J connectivity index is 4.03. The van der Waals surface area contributed by atoms with Crippen LogP contribution in [0.1, 0.15) is 19.8 Å². The molecule has 0 fully saturated rings. The molecule has 1 unspecified atom stereocenters. The predicted octanol–water partition coefficient (Wildman–Crippen LogP) is 0.355. The number of amides is 2. The Bertz CT molecular complexity index is 311. The molecule has 2 atom stereocenters. The second-order valence-corrected chi connectivity index (χ2v) is 5.00. The van der Waals surface area contributed by atoms with E-state index in [2.05, 4.69) is 10.6 Å². The Labute approximate surface area is 109 Å². The molecule has 0 radical (unpaired) electrons. The molecular formula is C10H18N2O5S. The lowest BCUT2D eigenvalue weighted by molar-refractivity contribution is -0.145. The van der Waals surface area contributed by atoms with Gasteiger partial charge < -0.3 is 20.8 Å². The molecule has 7 nitrogen and oxygen atoms in total. The van der Waals surface area contributed by atoms with Crippen molar-refractivity contribution < 1.29 is 24.6 Å². The number of carbonyl (C=O) groups is 3. The van der Waals surface area contributed by atoms with E-state index in [4.69, 9.17) is 10.2 Å². The van der Waals surface area contributed by atoms with Crippen LogP contribution in [0.2, 0.25) is 0 Å². The van der Waals surface area contributed by atoms with Crippen molar-refractivity contribution in [2.75, 3.05) is 12.8 Å². The van der Waals surface area contributed by atoms with Crippen molar-refractivity contribution >= 4 is 29.7 Å². The van der Waals surface area contributed by atoms with Gasteiger partial charge in [-0.3, -0.25) is 4.79 Å². The number of carboxylic acid groups (broad SMARTS) is 2. The van der Waals surface area contributed by atoms with Crippen LogP contribution in [-0.4, -0.2) is 52.3 Å². The molecule has 0 bridgehead atoms. The second kappa shape index (κ2) is 8.62. The first-order valence-electron chi connectivity index (χ1n) is 5.38. The highest BCUT2D eigenvalue weighted by molar-refractivity contribution is 7.99. The lowest BCUT2D eigenvalue weighted by Crippen LogP contribution is -2.47. The Kier molecular flexibility index (Phi) is 7.93. The monoisotopic (exact) mass is 278 g/mol. The number of hydrogen-bond donors (Lipinski definition) is 4. The Morgan fingerprint density at radius 2 is 1.89 bits per heavy atom. The molecule has 18 heavy (non-hydrogen) atoms. The van der Waals surface area contributed by atoms with Gasteiger partial charge >= 0.3 is 18.0 Å². The number of urea groups is 1. The van der Waals surface area contributed by atoms with Gasteiger partial charge in [-0.15, -0.1) is 0 Å². The maximum atomic E-state index is 11.3. The van der Waals surface area contributed by atoms with Crippen LogP contribution >= 0.6 is 11.8 Å². The van der Waals surface area contributed by atoms with E-state index in [1.54, 1.807) is 11.8 Å². The van der Waals surface area contributed by atoms with Gasteiger partial charge in [0, 0.05) is 11.8 Å². The minimum Gasteiger partial charge on any atom is -0.481 e. The van der Waals surface area contributed by atoms with Gasteiger partial charge in [0.2, 0.25) is 0 Å². The number of rotatable bonds is 8. The topological polar surface area (TPSA) is 116 Å². The average molecular weight is 278 g/mol. The van der Waals surface area contributed by atoms with Crippen LogP contribution < -0.4 is 10.6 Å². The van der Waals surface area contributed by atoms with Gasteiger partial charge in [-0.2, -0.15) is 11.8 Å². The molecule has 0 aliphatic rings.